The molecule has 0 atom stereocenters. The molecule has 0 saturated heterocycles. The van der Waals surface area contributed by atoms with Gasteiger partial charge in [0, 0.05) is 10.7 Å². The first-order valence-electron chi connectivity index (χ1n) is 3.83. The van der Waals surface area contributed by atoms with Crippen LogP contribution in [0, 0.1) is 22.0 Å². The van der Waals surface area contributed by atoms with Crippen molar-refractivity contribution in [3.8, 4) is 6.07 Å². The van der Waals surface area contributed by atoms with Gasteiger partial charge in [-0.1, -0.05) is 0 Å². The Hall–Kier alpha value is 0.820. The lowest BCUT2D eigenvalue weighted by Crippen LogP contribution is -2.10. The van der Waals surface area contributed by atoms with Crippen LogP contribution in [0.5, 0.6) is 0 Å². The Morgan fingerprint density at radius 3 is 1.53 bits per heavy atom. The molecule has 0 aliphatic rings. The second-order valence-corrected chi connectivity index (χ2v) is 6.65. The predicted molar refractivity (Wildman–Crippen MR) is 89.7 cm³/mol. The molecule has 0 heterocycles. The van der Waals surface area contributed by atoms with Crippen LogP contribution in [0.4, 0.5) is 0 Å². The van der Waals surface area contributed by atoms with E-state index in [1.54, 1.807) is 0 Å². The molecule has 3 nitrogen and oxygen atoms in total. The van der Waals surface area contributed by atoms with Crippen LogP contribution in [0.25, 0.3) is 0 Å². The normalized spacial score (nSPS) is 9.88. The van der Waals surface area contributed by atoms with E-state index >= 15 is 0 Å². The molecule has 0 aliphatic heterocycles. The van der Waals surface area contributed by atoms with Crippen LogP contribution in [0.2, 0.25) is 0 Å². The van der Waals surface area contributed by atoms with E-state index in [0.29, 0.717) is 10.7 Å². The Morgan fingerprint density at radius 1 is 0.941 bits per heavy atom. The van der Waals surface area contributed by atoms with Crippen LogP contribution < -0.4 is 0 Å². The first-order valence-corrected chi connectivity index (χ1v) is 7.82. The Balaban J connectivity index is 3.91. The molecule has 0 fully saturated rings. The minimum atomic E-state index is -0.717. The van der Waals surface area contributed by atoms with E-state index in [0.717, 1.165) is 0 Å². The third kappa shape index (κ3) is 3.05. The van der Waals surface area contributed by atoms with Crippen molar-refractivity contribution in [2.75, 3.05) is 0 Å². The third-order valence-electron chi connectivity index (χ3n) is 1.82. The highest BCUT2D eigenvalue weighted by molar-refractivity contribution is 14.1. The van der Waals surface area contributed by atoms with E-state index in [1.165, 1.54) is 0 Å². The van der Waals surface area contributed by atoms with Gasteiger partial charge in [-0.25, -0.2) is 0 Å². The second-order valence-electron chi connectivity index (χ2n) is 2.73. The highest BCUT2D eigenvalue weighted by Crippen LogP contribution is 2.33. The van der Waals surface area contributed by atoms with Gasteiger partial charge in [0.15, 0.2) is 0 Å². The molecule has 8 heteroatoms. The number of rotatable bonds is 2. The summed E-state index contributed by atoms with van der Waals surface area (Å²) >= 11 is 16.5. The van der Waals surface area contributed by atoms with Crippen LogP contribution in [-0.4, -0.2) is 10.5 Å². The molecule has 0 amide bonds. The van der Waals surface area contributed by atoms with Gasteiger partial charge in [-0.3, -0.25) is 9.59 Å². The summed E-state index contributed by atoms with van der Waals surface area (Å²) in [5, 5.41) is 7.60. The fourth-order valence-corrected chi connectivity index (χ4v) is 6.51. The van der Waals surface area contributed by atoms with Crippen molar-refractivity contribution in [1.82, 2.24) is 0 Å². The largest absolute Gasteiger partial charge is 0.276 e. The van der Waals surface area contributed by atoms with Crippen LogP contribution >= 0.6 is 91.0 Å². The Kier molecular flexibility index (Phi) is 5.90. The minimum absolute atomic E-state index is 0.147. The van der Waals surface area contributed by atoms with Gasteiger partial charge in [-0.05, 0) is 91.0 Å². The lowest BCUT2D eigenvalue weighted by molar-refractivity contribution is 0.107. The van der Waals surface area contributed by atoms with Gasteiger partial charge in [0.05, 0.1) is 16.7 Å². The van der Waals surface area contributed by atoms with Gasteiger partial charge >= 0.3 is 0 Å². The Morgan fingerprint density at radius 2 is 1.29 bits per heavy atom. The average molecular weight is 606 g/mol. The maximum absolute atomic E-state index is 11.3. The number of carbonyl (C=O) groups is 2. The first-order chi connectivity index (χ1) is 7.82. The van der Waals surface area contributed by atoms with Gasteiger partial charge in [-0.2, -0.15) is 5.26 Å². The van der Waals surface area contributed by atoms with Crippen molar-refractivity contribution in [2.24, 2.45) is 0 Å². The van der Waals surface area contributed by atoms with E-state index in [1.807, 2.05) is 73.8 Å². The number of hydrogen-bond donors (Lipinski definition) is 0. The lowest BCUT2D eigenvalue weighted by Gasteiger charge is -2.11. The Bertz CT molecular complexity index is 540. The van der Waals surface area contributed by atoms with Gasteiger partial charge in [0.1, 0.15) is 6.07 Å². The molecule has 88 valence electrons. The van der Waals surface area contributed by atoms with Crippen molar-refractivity contribution in [3.63, 3.8) is 0 Å². The van der Waals surface area contributed by atoms with E-state index in [2.05, 4.69) is 0 Å². The molecule has 0 bridgehead atoms. The topological polar surface area (TPSA) is 57.9 Å². The molecule has 1 rings (SSSR count). The maximum Gasteiger partial charge on any atom is 0.254 e. The van der Waals surface area contributed by atoms with E-state index < -0.39 is 10.5 Å². The number of nitrogens with zero attached hydrogens (tertiary/aromatic N) is 1. The zero-order valence-electron chi connectivity index (χ0n) is 7.65. The fraction of sp³-hybridized carbons (Fsp3) is 0. The SMILES string of the molecule is N#Cc1c(I)c(C(=O)Cl)c(I)c(C(=O)Cl)c1I. The van der Waals surface area contributed by atoms with E-state index in [9.17, 15) is 9.59 Å². The molecule has 0 N–H and O–H groups in total. The van der Waals surface area contributed by atoms with Gasteiger partial charge < -0.3 is 0 Å². The number of carbonyl (C=O) groups excluding carboxylic acids is 2. The van der Waals surface area contributed by atoms with Crippen molar-refractivity contribution >= 4 is 101 Å². The maximum atomic E-state index is 11.3. The highest BCUT2D eigenvalue weighted by atomic mass is 127. The summed E-state index contributed by atoms with van der Waals surface area (Å²) in [6.07, 6.45) is 0. The molecule has 1 aromatic carbocycles. The molecule has 0 radical (unpaired) electrons. The van der Waals surface area contributed by atoms with Gasteiger partial charge in [0.25, 0.3) is 10.5 Å². The smallest absolute Gasteiger partial charge is 0.254 e. The second kappa shape index (κ2) is 6.31. The summed E-state index contributed by atoms with van der Waals surface area (Å²) in [6, 6.07) is 1.94. The summed E-state index contributed by atoms with van der Waals surface area (Å²) in [5.74, 6) is 0. The first kappa shape index (κ1) is 15.9. The van der Waals surface area contributed by atoms with E-state index in [4.69, 9.17) is 28.5 Å². The highest BCUT2D eigenvalue weighted by Gasteiger charge is 2.26. The van der Waals surface area contributed by atoms with Gasteiger partial charge in [0.2, 0.25) is 0 Å². The average Bonchev–Trinajstić information content (AvgIpc) is 2.16. The quantitative estimate of drug-likeness (QED) is 0.377. The summed E-state index contributed by atoms with van der Waals surface area (Å²) in [5.41, 5.74) is 0.530. The molecule has 0 unspecified atom stereocenters. The van der Waals surface area contributed by atoms with Gasteiger partial charge in [-0.15, -0.1) is 0 Å². The fourth-order valence-electron chi connectivity index (χ4n) is 1.11. The minimum Gasteiger partial charge on any atom is -0.276 e. The van der Waals surface area contributed by atoms with Crippen molar-refractivity contribution in [2.45, 2.75) is 0 Å². The predicted octanol–water partition coefficient (Wildman–Crippen LogP) is 4.13. The molecule has 17 heavy (non-hydrogen) atoms. The molecular formula is C9Cl2I3NO2. The van der Waals surface area contributed by atoms with Crippen LogP contribution in [0.3, 0.4) is 0 Å². The number of hydrogen-bond acceptors (Lipinski definition) is 3. The van der Waals surface area contributed by atoms with Crippen LogP contribution in [0.15, 0.2) is 0 Å². The number of benzene rings is 1. The zero-order chi connectivity index (χ0) is 13.3. The monoisotopic (exact) mass is 605 g/mol. The molecule has 0 aromatic heterocycles. The Labute approximate surface area is 148 Å². The summed E-state index contributed by atoms with van der Waals surface area (Å²) in [7, 11) is 0. The lowest BCUT2D eigenvalue weighted by atomic mass is 10.1. The number of nitriles is 1. The molecule has 0 saturated carbocycles. The third-order valence-corrected chi connectivity index (χ3v) is 5.44. The van der Waals surface area contributed by atoms with Crippen LogP contribution in [-0.2, 0) is 0 Å². The van der Waals surface area contributed by atoms with Crippen LogP contribution in [0.1, 0.15) is 26.3 Å². The molecular weight excluding hydrogens is 606 g/mol. The summed E-state index contributed by atoms with van der Waals surface area (Å²) < 4.78 is 1.23. The van der Waals surface area contributed by atoms with Crippen molar-refractivity contribution in [3.05, 3.63) is 27.4 Å². The molecule has 1 aromatic rings. The van der Waals surface area contributed by atoms with Crippen molar-refractivity contribution in [1.29, 1.82) is 5.26 Å². The zero-order valence-corrected chi connectivity index (χ0v) is 15.6. The van der Waals surface area contributed by atoms with Crippen molar-refractivity contribution < 1.29 is 9.59 Å². The molecule has 0 spiro atoms. The van der Waals surface area contributed by atoms with E-state index in [-0.39, 0.29) is 16.7 Å². The number of halogens is 5. The summed E-state index contributed by atoms with van der Waals surface area (Å²) in [6.45, 7) is 0. The molecule has 0 aliphatic carbocycles. The standard InChI is InChI=1S/C9Cl2I3NO2/c10-8(16)3-5(12)2(1-15)6(13)4(7(3)14)9(11)17. The summed E-state index contributed by atoms with van der Waals surface area (Å²) in [4.78, 5) is 22.7.